The predicted octanol–water partition coefficient (Wildman–Crippen LogP) is 1.65. The van der Waals surface area contributed by atoms with Crippen LogP contribution in [0.5, 0.6) is 0 Å². The van der Waals surface area contributed by atoms with Gasteiger partial charge in [0.2, 0.25) is 5.95 Å². The number of fused-ring (bicyclic) bond motifs is 1. The van der Waals surface area contributed by atoms with Crippen LogP contribution in [0.3, 0.4) is 0 Å². The van der Waals surface area contributed by atoms with E-state index < -0.39 is 10.8 Å². The summed E-state index contributed by atoms with van der Waals surface area (Å²) in [4.78, 5) is 8.79. The predicted molar refractivity (Wildman–Crippen MR) is 74.9 cm³/mol. The zero-order valence-corrected chi connectivity index (χ0v) is 11.7. The smallest absolute Gasteiger partial charge is 0.202 e. The molecule has 0 aliphatic carbocycles. The first-order valence-electron chi connectivity index (χ1n) is 5.90. The lowest BCUT2D eigenvalue weighted by molar-refractivity contribution is 0.548. The highest BCUT2D eigenvalue weighted by Gasteiger charge is 2.15. The Labute approximate surface area is 109 Å². The van der Waals surface area contributed by atoms with Crippen LogP contribution >= 0.6 is 0 Å². The van der Waals surface area contributed by atoms with E-state index in [0.717, 1.165) is 23.3 Å². The second-order valence-corrected chi connectivity index (χ2v) is 6.11. The number of hydrogen-bond donors (Lipinski definition) is 1. The lowest BCUT2D eigenvalue weighted by atomic mass is 10.2. The molecular weight excluding hydrogens is 248 g/mol. The number of nitrogen functional groups attached to an aromatic ring is 1. The van der Waals surface area contributed by atoms with Gasteiger partial charge in [0.15, 0.2) is 5.65 Å². The normalized spacial score (nSPS) is 14.8. The van der Waals surface area contributed by atoms with E-state index in [1.54, 1.807) is 6.26 Å². The van der Waals surface area contributed by atoms with Crippen LogP contribution in [0.15, 0.2) is 12.1 Å². The maximum absolute atomic E-state index is 11.2. The first-order valence-corrected chi connectivity index (χ1v) is 7.63. The number of anilines is 1. The largest absolute Gasteiger partial charge is 0.369 e. The molecule has 0 amide bonds. The van der Waals surface area contributed by atoms with E-state index in [1.807, 2.05) is 30.5 Å². The molecule has 5 nitrogen and oxygen atoms in total. The van der Waals surface area contributed by atoms with Crippen molar-refractivity contribution in [2.45, 2.75) is 26.3 Å². The second-order valence-electron chi connectivity index (χ2n) is 4.55. The van der Waals surface area contributed by atoms with Crippen LogP contribution in [0, 0.1) is 6.92 Å². The second kappa shape index (κ2) is 5.06. The van der Waals surface area contributed by atoms with Crippen molar-refractivity contribution in [3.05, 3.63) is 17.8 Å². The van der Waals surface area contributed by atoms with Crippen molar-refractivity contribution in [3.8, 4) is 0 Å². The van der Waals surface area contributed by atoms with Gasteiger partial charge in [0.1, 0.15) is 5.52 Å². The Morgan fingerprint density at radius 1 is 1.44 bits per heavy atom. The van der Waals surface area contributed by atoms with Gasteiger partial charge in [0, 0.05) is 34.5 Å². The molecule has 2 unspecified atom stereocenters. The molecule has 0 radical (unpaired) electrons. The Kier molecular flexibility index (Phi) is 3.65. The number of pyridine rings is 1. The van der Waals surface area contributed by atoms with Crippen molar-refractivity contribution in [3.63, 3.8) is 0 Å². The SMILES string of the molecule is Cc1ccc2nc(N)n(C(C)CCS(C)=O)c2n1. The van der Waals surface area contributed by atoms with Gasteiger partial charge in [-0.25, -0.2) is 9.97 Å². The summed E-state index contributed by atoms with van der Waals surface area (Å²) >= 11 is 0. The molecular formula is C12H18N4OS. The van der Waals surface area contributed by atoms with Gasteiger partial charge >= 0.3 is 0 Å². The van der Waals surface area contributed by atoms with E-state index in [-0.39, 0.29) is 6.04 Å². The first-order chi connectivity index (χ1) is 8.49. The van der Waals surface area contributed by atoms with Crippen LogP contribution in [-0.4, -0.2) is 30.8 Å². The van der Waals surface area contributed by atoms with Crippen LogP contribution in [-0.2, 0) is 10.8 Å². The monoisotopic (exact) mass is 266 g/mol. The van der Waals surface area contributed by atoms with Crippen molar-refractivity contribution >= 4 is 27.9 Å². The molecule has 18 heavy (non-hydrogen) atoms. The van der Waals surface area contributed by atoms with Gasteiger partial charge in [0.25, 0.3) is 0 Å². The minimum absolute atomic E-state index is 0.146. The molecule has 0 aromatic carbocycles. The standard InChI is InChI=1S/C12H18N4OS/c1-8-4-5-10-11(14-8)16(12(13)15-10)9(2)6-7-18(3)17/h4-5,9H,6-7H2,1-3H3,(H2,13,15). The Bertz CT molecular complexity index is 593. The van der Waals surface area contributed by atoms with Crippen LogP contribution in [0.25, 0.3) is 11.2 Å². The average molecular weight is 266 g/mol. The third kappa shape index (κ3) is 2.53. The summed E-state index contributed by atoms with van der Waals surface area (Å²) in [5, 5.41) is 0. The van der Waals surface area contributed by atoms with E-state index in [9.17, 15) is 4.21 Å². The first kappa shape index (κ1) is 13.0. The molecule has 2 aromatic heterocycles. The lowest BCUT2D eigenvalue weighted by Gasteiger charge is -2.14. The van der Waals surface area contributed by atoms with E-state index in [2.05, 4.69) is 9.97 Å². The molecule has 0 aliphatic rings. The molecule has 2 N–H and O–H groups in total. The van der Waals surface area contributed by atoms with Gasteiger partial charge in [-0.3, -0.25) is 8.78 Å². The molecule has 0 fully saturated rings. The summed E-state index contributed by atoms with van der Waals surface area (Å²) in [6.45, 7) is 3.99. The Balaban J connectivity index is 2.39. The molecule has 0 saturated carbocycles. The van der Waals surface area contributed by atoms with Crippen molar-refractivity contribution in [1.82, 2.24) is 14.5 Å². The minimum atomic E-state index is -0.787. The van der Waals surface area contributed by atoms with Gasteiger partial charge in [-0.2, -0.15) is 0 Å². The summed E-state index contributed by atoms with van der Waals surface area (Å²) in [7, 11) is -0.787. The van der Waals surface area contributed by atoms with E-state index in [0.29, 0.717) is 11.7 Å². The van der Waals surface area contributed by atoms with Crippen molar-refractivity contribution in [2.24, 2.45) is 0 Å². The molecule has 2 rings (SSSR count). The maximum Gasteiger partial charge on any atom is 0.202 e. The number of imidazole rings is 1. The number of nitrogens with zero attached hydrogens (tertiary/aromatic N) is 3. The molecule has 0 aliphatic heterocycles. The molecule has 6 heteroatoms. The fraction of sp³-hybridized carbons (Fsp3) is 0.500. The van der Waals surface area contributed by atoms with Crippen molar-refractivity contribution in [2.75, 3.05) is 17.7 Å². The van der Waals surface area contributed by atoms with Gasteiger partial charge in [-0.05, 0) is 32.4 Å². The topological polar surface area (TPSA) is 73.8 Å². The minimum Gasteiger partial charge on any atom is -0.369 e. The summed E-state index contributed by atoms with van der Waals surface area (Å²) in [5.41, 5.74) is 8.50. The molecule has 0 saturated heterocycles. The summed E-state index contributed by atoms with van der Waals surface area (Å²) in [5.74, 6) is 1.13. The number of nitrogens with two attached hydrogens (primary N) is 1. The number of rotatable bonds is 4. The Morgan fingerprint density at radius 3 is 2.83 bits per heavy atom. The van der Waals surface area contributed by atoms with Crippen LogP contribution in [0.4, 0.5) is 5.95 Å². The van der Waals surface area contributed by atoms with Crippen LogP contribution in [0.1, 0.15) is 25.1 Å². The lowest BCUT2D eigenvalue weighted by Crippen LogP contribution is -2.12. The summed E-state index contributed by atoms with van der Waals surface area (Å²) < 4.78 is 13.1. The quantitative estimate of drug-likeness (QED) is 0.913. The van der Waals surface area contributed by atoms with Gasteiger partial charge in [-0.15, -0.1) is 0 Å². The third-order valence-electron chi connectivity index (χ3n) is 2.97. The highest BCUT2D eigenvalue weighted by Crippen LogP contribution is 2.23. The zero-order valence-electron chi connectivity index (χ0n) is 10.9. The highest BCUT2D eigenvalue weighted by molar-refractivity contribution is 7.84. The molecule has 2 heterocycles. The van der Waals surface area contributed by atoms with Crippen LogP contribution < -0.4 is 5.73 Å². The van der Waals surface area contributed by atoms with Crippen LogP contribution in [0.2, 0.25) is 0 Å². The Morgan fingerprint density at radius 2 is 2.17 bits per heavy atom. The fourth-order valence-electron chi connectivity index (χ4n) is 1.99. The van der Waals surface area contributed by atoms with Crippen molar-refractivity contribution < 1.29 is 4.21 Å². The zero-order chi connectivity index (χ0) is 13.3. The fourth-order valence-corrected chi connectivity index (χ4v) is 2.66. The maximum atomic E-state index is 11.2. The molecule has 2 aromatic rings. The van der Waals surface area contributed by atoms with Crippen molar-refractivity contribution in [1.29, 1.82) is 0 Å². The Hall–Kier alpha value is -1.43. The molecule has 0 spiro atoms. The summed E-state index contributed by atoms with van der Waals surface area (Å²) in [6.07, 6.45) is 2.51. The summed E-state index contributed by atoms with van der Waals surface area (Å²) in [6, 6.07) is 3.99. The van der Waals surface area contributed by atoms with Gasteiger partial charge in [0.05, 0.1) is 0 Å². The number of hydrogen-bond acceptors (Lipinski definition) is 4. The number of aryl methyl sites for hydroxylation is 1. The van der Waals surface area contributed by atoms with Gasteiger partial charge in [-0.1, -0.05) is 0 Å². The molecule has 98 valence electrons. The van der Waals surface area contributed by atoms with E-state index >= 15 is 0 Å². The highest BCUT2D eigenvalue weighted by atomic mass is 32.2. The molecule has 0 bridgehead atoms. The average Bonchev–Trinajstić information content (AvgIpc) is 2.61. The van der Waals surface area contributed by atoms with Gasteiger partial charge < -0.3 is 5.73 Å². The van der Waals surface area contributed by atoms with E-state index in [1.165, 1.54) is 0 Å². The third-order valence-corrected chi connectivity index (χ3v) is 3.78. The molecule has 2 atom stereocenters. The number of aromatic nitrogens is 3. The van der Waals surface area contributed by atoms with E-state index in [4.69, 9.17) is 5.73 Å².